The van der Waals surface area contributed by atoms with Gasteiger partial charge >= 0.3 is 0 Å². The molecule has 0 saturated heterocycles. The van der Waals surface area contributed by atoms with Gasteiger partial charge in [-0.1, -0.05) is 152 Å². The Balaban J connectivity index is 1.33. The van der Waals surface area contributed by atoms with Gasteiger partial charge in [-0.3, -0.25) is 13.7 Å². The molecule has 258 valence electrons. The number of para-hydroxylation sites is 3. The third kappa shape index (κ3) is 4.94. The minimum absolute atomic E-state index is 0.855. The molecule has 0 spiro atoms. The Morgan fingerprint density at radius 2 is 0.855 bits per heavy atom. The van der Waals surface area contributed by atoms with Crippen LogP contribution in [-0.2, 0) is 0 Å². The van der Waals surface area contributed by atoms with Gasteiger partial charge in [0.15, 0.2) is 5.65 Å². The van der Waals surface area contributed by atoms with Crippen molar-refractivity contribution in [1.82, 2.24) is 23.7 Å². The van der Waals surface area contributed by atoms with Crippen LogP contribution in [0.2, 0.25) is 0 Å². The van der Waals surface area contributed by atoms with Crippen molar-refractivity contribution in [1.29, 1.82) is 0 Å². The average molecular weight is 704 g/mol. The first-order chi connectivity index (χ1) is 27.3. The molecule has 4 aromatic heterocycles. The van der Waals surface area contributed by atoms with Crippen molar-refractivity contribution in [3.63, 3.8) is 0 Å². The molecule has 0 saturated carbocycles. The second kappa shape index (κ2) is 12.6. The summed E-state index contributed by atoms with van der Waals surface area (Å²) in [6, 6.07) is 70.5. The molecule has 5 nitrogen and oxygen atoms in total. The summed E-state index contributed by atoms with van der Waals surface area (Å²) in [6.07, 6.45) is 0. The van der Waals surface area contributed by atoms with Crippen molar-refractivity contribution in [3.05, 3.63) is 200 Å². The van der Waals surface area contributed by atoms with E-state index in [9.17, 15) is 0 Å². The molecule has 55 heavy (non-hydrogen) atoms. The monoisotopic (exact) mass is 703 g/mol. The zero-order valence-electron chi connectivity index (χ0n) is 29.8. The van der Waals surface area contributed by atoms with Gasteiger partial charge in [-0.25, -0.2) is 9.97 Å². The van der Waals surface area contributed by atoms with E-state index < -0.39 is 0 Å². The smallest absolute Gasteiger partial charge is 0.165 e. The molecule has 0 aliphatic carbocycles. The fourth-order valence-corrected chi connectivity index (χ4v) is 8.23. The van der Waals surface area contributed by atoms with Crippen LogP contribution in [0.3, 0.4) is 0 Å². The molecule has 0 fully saturated rings. The van der Waals surface area contributed by atoms with Gasteiger partial charge < -0.3 is 0 Å². The molecule has 0 aliphatic heterocycles. The van der Waals surface area contributed by atoms with Crippen molar-refractivity contribution in [2.45, 2.75) is 0 Å². The van der Waals surface area contributed by atoms with Crippen LogP contribution in [-0.4, -0.2) is 23.7 Å². The predicted octanol–water partition coefficient (Wildman–Crippen LogP) is 12.5. The van der Waals surface area contributed by atoms with Gasteiger partial charge in [0.2, 0.25) is 0 Å². The number of nitrogens with zero attached hydrogens (tertiary/aromatic N) is 5. The van der Waals surface area contributed by atoms with E-state index in [0.717, 1.165) is 89.5 Å². The van der Waals surface area contributed by atoms with E-state index >= 15 is 0 Å². The largest absolute Gasteiger partial charge is 0.292 e. The summed E-state index contributed by atoms with van der Waals surface area (Å²) < 4.78 is 7.05. The van der Waals surface area contributed by atoms with Crippen LogP contribution >= 0.6 is 0 Å². The van der Waals surface area contributed by atoms with Crippen molar-refractivity contribution < 1.29 is 0 Å². The summed E-state index contributed by atoms with van der Waals surface area (Å²) in [5.41, 5.74) is 12.6. The zero-order chi connectivity index (χ0) is 36.3. The molecular formula is C50H33N5. The summed E-state index contributed by atoms with van der Waals surface area (Å²) in [7, 11) is 0. The van der Waals surface area contributed by atoms with Gasteiger partial charge in [0.1, 0.15) is 17.2 Å². The predicted molar refractivity (Wildman–Crippen MR) is 226 cm³/mol. The molecule has 11 rings (SSSR count). The number of aromatic nitrogens is 5. The molecule has 11 aromatic rings. The molecule has 0 N–H and O–H groups in total. The number of imidazole rings is 1. The summed E-state index contributed by atoms with van der Waals surface area (Å²) in [6.45, 7) is 0. The molecular weight excluding hydrogens is 671 g/mol. The van der Waals surface area contributed by atoms with Gasteiger partial charge in [-0.15, -0.1) is 0 Å². The lowest BCUT2D eigenvalue weighted by molar-refractivity contribution is 1.07. The Kier molecular flexibility index (Phi) is 7.10. The van der Waals surface area contributed by atoms with Crippen LogP contribution in [0.25, 0.3) is 94.8 Å². The molecule has 0 unspecified atom stereocenters. The number of hydrogen-bond donors (Lipinski definition) is 0. The number of rotatable bonds is 6. The molecule has 0 atom stereocenters. The normalized spacial score (nSPS) is 11.6. The van der Waals surface area contributed by atoms with Crippen molar-refractivity contribution in [2.24, 2.45) is 0 Å². The van der Waals surface area contributed by atoms with Crippen molar-refractivity contribution >= 4 is 43.9 Å². The van der Waals surface area contributed by atoms with E-state index in [-0.39, 0.29) is 0 Å². The Bertz CT molecular complexity index is 3100. The molecule has 5 heteroatoms. The Hall–Kier alpha value is -7.50. The Morgan fingerprint density at radius 3 is 1.53 bits per heavy atom. The van der Waals surface area contributed by atoms with Crippen LogP contribution in [0.15, 0.2) is 200 Å². The van der Waals surface area contributed by atoms with E-state index in [1.165, 1.54) is 5.39 Å². The Morgan fingerprint density at radius 1 is 0.327 bits per heavy atom. The summed E-state index contributed by atoms with van der Waals surface area (Å²) in [4.78, 5) is 11.0. The van der Waals surface area contributed by atoms with Crippen LogP contribution in [0.4, 0.5) is 0 Å². The number of hydrogen-bond acceptors (Lipinski definition) is 2. The van der Waals surface area contributed by atoms with Crippen molar-refractivity contribution in [2.75, 3.05) is 0 Å². The highest BCUT2D eigenvalue weighted by atomic mass is 15.2. The maximum atomic E-state index is 5.54. The van der Waals surface area contributed by atoms with E-state index in [1.54, 1.807) is 0 Å². The van der Waals surface area contributed by atoms with Gasteiger partial charge in [-0.05, 0) is 59.7 Å². The highest BCUT2D eigenvalue weighted by Crippen LogP contribution is 2.44. The highest BCUT2D eigenvalue weighted by Gasteiger charge is 2.27. The van der Waals surface area contributed by atoms with Crippen LogP contribution in [0.5, 0.6) is 0 Å². The molecule has 4 heterocycles. The van der Waals surface area contributed by atoms with Gasteiger partial charge in [0.05, 0.1) is 22.2 Å². The van der Waals surface area contributed by atoms with Gasteiger partial charge in [0, 0.05) is 38.7 Å². The first-order valence-corrected chi connectivity index (χ1v) is 18.6. The van der Waals surface area contributed by atoms with Crippen LogP contribution in [0, 0.1) is 0 Å². The SMILES string of the molecule is c1ccc(-c2cc(-c3ccccc3)nc(-n3c4ccccc4c4ccc5c6c(nc(-c7ccccc7)n6-c6ccccc6)n(-c6ccccc6)c5c43)c2)cc1. The standard InChI is InChI=1S/C50H33N5/c1-6-18-34(19-7-1)37-32-43(35-20-8-2-9-21-35)51-45(33-37)55-44-29-17-16-28-40(44)41-30-31-42-47(46(41)55)53(38-24-12-4-13-25-38)50-48(42)54(39-26-14-5-15-27-39)49(52-50)36-22-10-3-11-23-36/h1-33H. The summed E-state index contributed by atoms with van der Waals surface area (Å²) in [5, 5.41) is 3.43. The minimum Gasteiger partial charge on any atom is -0.292 e. The first-order valence-electron chi connectivity index (χ1n) is 18.6. The van der Waals surface area contributed by atoms with E-state index in [4.69, 9.17) is 9.97 Å². The van der Waals surface area contributed by atoms with Crippen LogP contribution in [0.1, 0.15) is 0 Å². The molecule has 0 radical (unpaired) electrons. The lowest BCUT2D eigenvalue weighted by Crippen LogP contribution is -2.02. The molecule has 7 aromatic carbocycles. The van der Waals surface area contributed by atoms with E-state index in [0.29, 0.717) is 0 Å². The fraction of sp³-hybridized carbons (Fsp3) is 0. The average Bonchev–Trinajstić information content (AvgIpc) is 3.92. The quantitative estimate of drug-likeness (QED) is 0.173. The second-order valence-electron chi connectivity index (χ2n) is 13.9. The van der Waals surface area contributed by atoms with E-state index in [1.807, 2.05) is 0 Å². The topological polar surface area (TPSA) is 40.6 Å². The maximum absolute atomic E-state index is 5.54. The number of fused-ring (bicyclic) bond motifs is 7. The molecule has 0 bridgehead atoms. The molecule has 0 amide bonds. The van der Waals surface area contributed by atoms with Gasteiger partial charge in [-0.2, -0.15) is 0 Å². The first kappa shape index (κ1) is 31.1. The van der Waals surface area contributed by atoms with Gasteiger partial charge in [0.25, 0.3) is 0 Å². The fourth-order valence-electron chi connectivity index (χ4n) is 8.23. The third-order valence-electron chi connectivity index (χ3n) is 10.6. The maximum Gasteiger partial charge on any atom is 0.165 e. The van der Waals surface area contributed by atoms with E-state index in [2.05, 4.69) is 214 Å². The number of pyridine rings is 1. The minimum atomic E-state index is 0.855. The van der Waals surface area contributed by atoms with Crippen molar-refractivity contribution in [3.8, 4) is 51.0 Å². The highest BCUT2D eigenvalue weighted by molar-refractivity contribution is 6.23. The lowest BCUT2D eigenvalue weighted by Gasteiger charge is -2.15. The second-order valence-corrected chi connectivity index (χ2v) is 13.9. The summed E-state index contributed by atoms with van der Waals surface area (Å²) >= 11 is 0. The number of benzene rings is 7. The molecule has 0 aliphatic rings. The Labute approximate surface area is 317 Å². The summed E-state index contributed by atoms with van der Waals surface area (Å²) in [5.74, 6) is 1.75. The lowest BCUT2D eigenvalue weighted by atomic mass is 10.0. The third-order valence-corrected chi connectivity index (χ3v) is 10.6. The zero-order valence-corrected chi connectivity index (χ0v) is 29.8. The van der Waals surface area contributed by atoms with Crippen LogP contribution < -0.4 is 0 Å².